The van der Waals surface area contributed by atoms with Crippen molar-refractivity contribution in [2.45, 2.75) is 26.3 Å². The summed E-state index contributed by atoms with van der Waals surface area (Å²) < 4.78 is 38.3. The van der Waals surface area contributed by atoms with E-state index in [1.807, 2.05) is 0 Å². The topological polar surface area (TPSA) is 72.1 Å². The van der Waals surface area contributed by atoms with Crippen LogP contribution in [0.2, 0.25) is 0 Å². The summed E-state index contributed by atoms with van der Waals surface area (Å²) in [5.41, 5.74) is -0.377. The van der Waals surface area contributed by atoms with Crippen molar-refractivity contribution in [2.75, 3.05) is 112 Å². The van der Waals surface area contributed by atoms with E-state index in [9.17, 15) is 0 Å². The molecular formula is C20H57N11P4. The maximum absolute atomic E-state index is 5.77. The van der Waals surface area contributed by atoms with Gasteiger partial charge in [0.2, 0.25) is 0 Å². The van der Waals surface area contributed by atoms with Gasteiger partial charge in [-0.1, -0.05) is 0 Å². The van der Waals surface area contributed by atoms with Crippen LogP contribution < -0.4 is 0 Å². The maximum Gasteiger partial charge on any atom is 0.304 e. The predicted octanol–water partition coefficient (Wildman–Crippen LogP) is 5.93. The Balaban J connectivity index is 8.81. The molecule has 0 N–H and O–H groups in total. The zero-order valence-corrected chi connectivity index (χ0v) is 29.8. The van der Waals surface area contributed by atoms with Crippen molar-refractivity contribution >= 4 is 29.7 Å². The highest BCUT2D eigenvalue weighted by Gasteiger charge is 2.38. The standard InChI is InChI=1S/C20H57N11P4/c1-20(2,3)21-34(22-32(18,25(4)5)26(6)7,23-33(19,27(8)9)28(10)11)24-35(29(12)13,30(14)15)31(16)17/h1-19H3. The van der Waals surface area contributed by atoms with Gasteiger partial charge in [0.25, 0.3) is 0 Å². The third-order valence-corrected chi connectivity index (χ3v) is 22.6. The second-order valence-electron chi connectivity index (χ2n) is 11.3. The fourth-order valence-corrected chi connectivity index (χ4v) is 19.1. The molecule has 0 aliphatic rings. The average molecular weight is 576 g/mol. The van der Waals surface area contributed by atoms with Crippen molar-refractivity contribution in [3.8, 4) is 0 Å². The van der Waals surface area contributed by atoms with Crippen LogP contribution in [0.4, 0.5) is 0 Å². The fourth-order valence-electron chi connectivity index (χ4n) is 3.48. The Morgan fingerprint density at radius 2 is 0.686 bits per heavy atom. The van der Waals surface area contributed by atoms with E-state index in [0.29, 0.717) is 0 Å². The molecule has 0 aliphatic heterocycles. The molecule has 0 unspecified atom stereocenters. The Morgan fingerprint density at radius 3 is 0.857 bits per heavy atom. The zero-order chi connectivity index (χ0) is 28.4. The maximum atomic E-state index is 5.77. The van der Waals surface area contributed by atoms with Crippen LogP contribution in [0.3, 0.4) is 0 Å². The van der Waals surface area contributed by atoms with Crippen LogP contribution in [0.15, 0.2) is 18.3 Å². The molecule has 0 amide bonds. The summed E-state index contributed by atoms with van der Waals surface area (Å²) in [5.74, 6) is 0. The van der Waals surface area contributed by atoms with Crippen molar-refractivity contribution in [1.82, 2.24) is 32.7 Å². The molecule has 0 aromatic carbocycles. The molecule has 0 heterocycles. The van der Waals surface area contributed by atoms with Gasteiger partial charge in [-0.2, -0.15) is 13.5 Å². The number of hydrogen-bond donors (Lipinski definition) is 0. The summed E-state index contributed by atoms with van der Waals surface area (Å²) in [4.78, 5) is 0. The molecule has 0 spiro atoms. The summed E-state index contributed by atoms with van der Waals surface area (Å²) in [6.07, 6.45) is 0. The van der Waals surface area contributed by atoms with E-state index >= 15 is 0 Å². The van der Waals surface area contributed by atoms with Crippen LogP contribution in [0.1, 0.15) is 20.8 Å². The lowest BCUT2D eigenvalue weighted by Crippen LogP contribution is -2.30. The molecule has 212 valence electrons. The second-order valence-corrected chi connectivity index (χ2v) is 24.8. The van der Waals surface area contributed by atoms with Gasteiger partial charge >= 0.3 is 7.51 Å². The third-order valence-electron chi connectivity index (χ3n) is 5.89. The van der Waals surface area contributed by atoms with Gasteiger partial charge in [-0.25, -0.2) is 4.74 Å². The van der Waals surface area contributed by atoms with Gasteiger partial charge in [0.15, 0.2) is 7.51 Å². The van der Waals surface area contributed by atoms with Crippen molar-refractivity contribution in [1.29, 1.82) is 0 Å². The first-order valence-corrected chi connectivity index (χ1v) is 19.1. The monoisotopic (exact) mass is 575 g/mol. The van der Waals surface area contributed by atoms with Crippen molar-refractivity contribution in [2.24, 2.45) is 18.3 Å². The van der Waals surface area contributed by atoms with Crippen LogP contribution in [0, 0.1) is 0 Å². The van der Waals surface area contributed by atoms with Gasteiger partial charge in [0.1, 0.15) is 14.7 Å². The van der Waals surface area contributed by atoms with E-state index < -0.39 is 29.7 Å². The smallest absolute Gasteiger partial charge is 0.264 e. The molecule has 0 aliphatic carbocycles. The molecule has 0 saturated heterocycles. The highest BCUT2D eigenvalue weighted by atomic mass is 31.3. The number of hydrogen-bond acceptors (Lipinski definition) is 1. The second kappa shape index (κ2) is 12.7. The Bertz CT molecular complexity index is 831. The van der Waals surface area contributed by atoms with Gasteiger partial charge < -0.3 is 0 Å². The van der Waals surface area contributed by atoms with Crippen LogP contribution in [0.5, 0.6) is 0 Å². The summed E-state index contributed by atoms with van der Waals surface area (Å²) in [7, 11) is 19.7. The molecule has 15 heteroatoms. The zero-order valence-electron chi connectivity index (χ0n) is 26.2. The first-order chi connectivity index (χ1) is 15.4. The predicted molar refractivity (Wildman–Crippen MR) is 165 cm³/mol. The summed E-state index contributed by atoms with van der Waals surface area (Å²) in [6.45, 7) is 10.9. The molecule has 35 heavy (non-hydrogen) atoms. The SMILES string of the molecule is CN(C)P(C)(=NP(=NC(C)(C)C)(N=P(C)(N(C)C)N(C)C)N=P(N(C)C)(N(C)C)N(C)C)N(C)C. The largest absolute Gasteiger partial charge is 0.304 e. The van der Waals surface area contributed by atoms with E-state index in [2.05, 4.69) is 165 Å². The molecule has 0 aromatic rings. The average Bonchev–Trinajstić information content (AvgIpc) is 2.62. The summed E-state index contributed by atoms with van der Waals surface area (Å²) >= 11 is 0. The molecule has 0 saturated carbocycles. The van der Waals surface area contributed by atoms with E-state index in [0.717, 1.165) is 0 Å². The van der Waals surface area contributed by atoms with Crippen LogP contribution in [0.25, 0.3) is 0 Å². The molecule has 0 aromatic heterocycles. The van der Waals surface area contributed by atoms with Crippen LogP contribution in [-0.4, -0.2) is 150 Å². The first-order valence-electron chi connectivity index (χ1n) is 11.7. The van der Waals surface area contributed by atoms with Gasteiger partial charge in [-0.3, -0.25) is 32.7 Å². The highest BCUT2D eigenvalue weighted by molar-refractivity contribution is 7.81. The van der Waals surface area contributed by atoms with Gasteiger partial charge in [-0.15, -0.1) is 0 Å². The van der Waals surface area contributed by atoms with E-state index in [4.69, 9.17) is 18.3 Å². The molecule has 0 bridgehead atoms. The minimum Gasteiger partial charge on any atom is -0.264 e. The van der Waals surface area contributed by atoms with Gasteiger partial charge in [-0.05, 0) is 133 Å². The lowest BCUT2D eigenvalue weighted by Gasteiger charge is -2.43. The molecule has 11 nitrogen and oxygen atoms in total. The lowest BCUT2D eigenvalue weighted by molar-refractivity contribution is 0.475. The first kappa shape index (κ1) is 35.6. The van der Waals surface area contributed by atoms with E-state index in [1.165, 1.54) is 0 Å². The highest BCUT2D eigenvalue weighted by Crippen LogP contribution is 2.76. The molecule has 0 rings (SSSR count). The molecule has 0 fully saturated rings. The Labute approximate surface area is 219 Å². The Hall–Kier alpha value is 0.640. The Morgan fingerprint density at radius 1 is 0.429 bits per heavy atom. The Kier molecular flexibility index (Phi) is 12.9. The van der Waals surface area contributed by atoms with Crippen molar-refractivity contribution in [3.05, 3.63) is 0 Å². The molecule has 0 atom stereocenters. The van der Waals surface area contributed by atoms with Crippen LogP contribution in [-0.2, 0) is 0 Å². The lowest BCUT2D eigenvalue weighted by atomic mass is 10.1. The molecule has 0 radical (unpaired) electrons. The number of rotatable bonds is 10. The van der Waals surface area contributed by atoms with Gasteiger partial charge in [0.05, 0.1) is 5.54 Å². The minimum absolute atomic E-state index is 0.377. The fraction of sp³-hybridized carbons (Fsp3) is 1.00. The van der Waals surface area contributed by atoms with Crippen molar-refractivity contribution in [3.63, 3.8) is 0 Å². The summed E-state index contributed by atoms with van der Waals surface area (Å²) in [5, 5.41) is 0. The quantitative estimate of drug-likeness (QED) is 0.299. The third kappa shape index (κ3) is 8.31. The number of nitrogens with zero attached hydrogens (tertiary/aromatic N) is 11. The van der Waals surface area contributed by atoms with E-state index in [1.54, 1.807) is 0 Å². The minimum atomic E-state index is -3.00. The van der Waals surface area contributed by atoms with E-state index in [-0.39, 0.29) is 5.54 Å². The van der Waals surface area contributed by atoms with Gasteiger partial charge in [0, 0.05) is 0 Å². The normalized spacial score (nSPS) is 14.8. The van der Waals surface area contributed by atoms with Crippen LogP contribution >= 0.6 is 29.7 Å². The summed E-state index contributed by atoms with van der Waals surface area (Å²) in [6, 6.07) is 0. The molecular weight excluding hydrogens is 518 g/mol. The van der Waals surface area contributed by atoms with Crippen molar-refractivity contribution < 1.29 is 0 Å².